The van der Waals surface area contributed by atoms with Crippen molar-refractivity contribution in [1.82, 2.24) is 0 Å². The van der Waals surface area contributed by atoms with E-state index >= 15 is 0 Å². The molecule has 1 fully saturated rings. The Hall–Kier alpha value is -0.410. The maximum atomic E-state index is 13.6. The summed E-state index contributed by atoms with van der Waals surface area (Å²) < 4.78 is 19.6. The summed E-state index contributed by atoms with van der Waals surface area (Å²) in [7, 11) is 0. The Morgan fingerprint density at radius 3 is 2.39 bits per heavy atom. The molecule has 1 saturated carbocycles. The van der Waals surface area contributed by atoms with Gasteiger partial charge in [-0.15, -0.1) is 0 Å². The van der Waals surface area contributed by atoms with Crippen molar-refractivity contribution >= 4 is 15.9 Å². The Morgan fingerprint density at radius 1 is 1.11 bits per heavy atom. The van der Waals surface area contributed by atoms with Gasteiger partial charge in [-0.3, -0.25) is 0 Å². The van der Waals surface area contributed by atoms with E-state index in [0.29, 0.717) is 12.2 Å². The van der Waals surface area contributed by atoms with Gasteiger partial charge >= 0.3 is 0 Å². The van der Waals surface area contributed by atoms with Crippen LogP contribution < -0.4 is 0 Å². The van der Waals surface area contributed by atoms with Gasteiger partial charge in [0.1, 0.15) is 5.82 Å². The lowest BCUT2D eigenvalue weighted by atomic mass is 9.96. The minimum Gasteiger partial charge on any atom is -0.369 e. The molecule has 0 amide bonds. The smallest absolute Gasteiger partial charge is 0.128 e. The van der Waals surface area contributed by atoms with Crippen LogP contribution in [0.25, 0.3) is 0 Å². The van der Waals surface area contributed by atoms with Gasteiger partial charge in [0, 0.05) is 10.9 Å². The summed E-state index contributed by atoms with van der Waals surface area (Å²) in [6.07, 6.45) is 7.15. The van der Waals surface area contributed by atoms with Crippen LogP contribution in [0.3, 0.4) is 0 Å². The maximum Gasteiger partial charge on any atom is 0.128 e. The molecule has 0 heterocycles. The highest BCUT2D eigenvalue weighted by Crippen LogP contribution is 2.33. The fourth-order valence-corrected chi connectivity index (χ4v) is 3.26. The third kappa shape index (κ3) is 3.55. The van der Waals surface area contributed by atoms with Crippen LogP contribution in [0.4, 0.5) is 4.39 Å². The van der Waals surface area contributed by atoms with Crippen LogP contribution >= 0.6 is 15.9 Å². The van der Waals surface area contributed by atoms with E-state index in [1.54, 1.807) is 12.1 Å². The summed E-state index contributed by atoms with van der Waals surface area (Å²) in [6.45, 7) is 0.373. The van der Waals surface area contributed by atoms with Crippen molar-refractivity contribution in [2.75, 3.05) is 5.33 Å². The van der Waals surface area contributed by atoms with Crippen molar-refractivity contribution in [3.05, 3.63) is 35.6 Å². The summed E-state index contributed by atoms with van der Waals surface area (Å²) in [5.74, 6) is -0.171. The normalized spacial score (nSPS) is 19.4. The van der Waals surface area contributed by atoms with Crippen molar-refractivity contribution in [1.29, 1.82) is 0 Å². The average molecular weight is 315 g/mol. The zero-order chi connectivity index (χ0) is 12.8. The first-order valence-electron chi connectivity index (χ1n) is 6.69. The Labute approximate surface area is 117 Å². The average Bonchev–Trinajstić information content (AvgIpc) is 2.64. The molecule has 1 aliphatic carbocycles. The third-order valence-electron chi connectivity index (χ3n) is 3.75. The maximum absolute atomic E-state index is 13.6. The monoisotopic (exact) mass is 314 g/mol. The standard InChI is InChI=1S/C15H20BrFO/c16-12-15(9-5-1-2-6-10-15)18-11-13-7-3-4-8-14(13)17/h3-4,7-8H,1-2,5-6,9-12H2. The van der Waals surface area contributed by atoms with Crippen LogP contribution in [0.15, 0.2) is 24.3 Å². The highest BCUT2D eigenvalue weighted by Gasteiger charge is 2.30. The summed E-state index contributed by atoms with van der Waals surface area (Å²) in [5, 5.41) is 0.842. The number of ether oxygens (including phenoxy) is 1. The molecule has 1 aliphatic rings. The minimum atomic E-state index is -0.171. The SMILES string of the molecule is Fc1ccccc1COC1(CBr)CCCCCC1. The van der Waals surface area contributed by atoms with Crippen molar-refractivity contribution in [2.45, 2.75) is 50.7 Å². The predicted molar refractivity (Wildman–Crippen MR) is 75.4 cm³/mol. The van der Waals surface area contributed by atoms with Crippen LogP contribution in [0.2, 0.25) is 0 Å². The van der Waals surface area contributed by atoms with Crippen LogP contribution in [-0.2, 0) is 11.3 Å². The highest BCUT2D eigenvalue weighted by molar-refractivity contribution is 9.09. The van der Waals surface area contributed by atoms with Gasteiger partial charge in [0.05, 0.1) is 12.2 Å². The van der Waals surface area contributed by atoms with Gasteiger partial charge in [0.15, 0.2) is 0 Å². The Balaban J connectivity index is 2.00. The highest BCUT2D eigenvalue weighted by atomic mass is 79.9. The summed E-state index contributed by atoms with van der Waals surface area (Å²) in [6, 6.07) is 6.86. The number of benzene rings is 1. The van der Waals surface area contributed by atoms with Gasteiger partial charge in [-0.25, -0.2) is 4.39 Å². The summed E-state index contributed by atoms with van der Waals surface area (Å²) in [5.41, 5.74) is 0.556. The van der Waals surface area contributed by atoms with Gasteiger partial charge in [0.2, 0.25) is 0 Å². The Morgan fingerprint density at radius 2 is 1.78 bits per heavy atom. The fourth-order valence-electron chi connectivity index (χ4n) is 2.54. The van der Waals surface area contributed by atoms with Crippen molar-refractivity contribution in [3.63, 3.8) is 0 Å². The third-order valence-corrected chi connectivity index (χ3v) is 4.77. The van der Waals surface area contributed by atoms with Gasteiger partial charge in [-0.05, 0) is 18.9 Å². The summed E-state index contributed by atoms with van der Waals surface area (Å²) in [4.78, 5) is 0. The van der Waals surface area contributed by atoms with Crippen LogP contribution in [0.5, 0.6) is 0 Å². The molecule has 0 bridgehead atoms. The van der Waals surface area contributed by atoms with Crippen molar-refractivity contribution in [2.24, 2.45) is 0 Å². The van der Waals surface area contributed by atoms with Gasteiger partial charge in [-0.2, -0.15) is 0 Å². The second kappa shape index (κ2) is 6.67. The topological polar surface area (TPSA) is 9.23 Å². The number of hydrogen-bond acceptors (Lipinski definition) is 1. The molecule has 2 rings (SSSR count). The van der Waals surface area contributed by atoms with Gasteiger partial charge in [0.25, 0.3) is 0 Å². The summed E-state index contributed by atoms with van der Waals surface area (Å²) >= 11 is 3.58. The molecule has 1 aromatic carbocycles. The van der Waals surface area contributed by atoms with Crippen LogP contribution in [0.1, 0.15) is 44.1 Å². The zero-order valence-electron chi connectivity index (χ0n) is 10.6. The molecule has 0 aliphatic heterocycles. The van der Waals surface area contributed by atoms with E-state index < -0.39 is 0 Å². The molecule has 100 valence electrons. The lowest BCUT2D eigenvalue weighted by Gasteiger charge is -2.31. The van der Waals surface area contributed by atoms with Gasteiger partial charge < -0.3 is 4.74 Å². The molecule has 1 aromatic rings. The quantitative estimate of drug-likeness (QED) is 0.571. The van der Waals surface area contributed by atoms with Crippen LogP contribution in [-0.4, -0.2) is 10.9 Å². The van der Waals surface area contributed by atoms with Crippen molar-refractivity contribution in [3.8, 4) is 0 Å². The molecule has 18 heavy (non-hydrogen) atoms. The molecule has 0 aromatic heterocycles. The Bertz CT molecular complexity index is 373. The number of rotatable bonds is 4. The second-order valence-electron chi connectivity index (χ2n) is 5.11. The largest absolute Gasteiger partial charge is 0.369 e. The predicted octanol–water partition coefficient (Wildman–Crippen LogP) is 4.83. The molecule has 0 atom stereocenters. The molecule has 0 saturated heterocycles. The number of hydrogen-bond donors (Lipinski definition) is 0. The van der Waals surface area contributed by atoms with Crippen LogP contribution in [0, 0.1) is 5.82 Å². The van der Waals surface area contributed by atoms with Gasteiger partial charge in [-0.1, -0.05) is 59.8 Å². The van der Waals surface area contributed by atoms with E-state index in [9.17, 15) is 4.39 Å². The van der Waals surface area contributed by atoms with E-state index in [4.69, 9.17) is 4.74 Å². The number of alkyl halides is 1. The fraction of sp³-hybridized carbons (Fsp3) is 0.600. The first-order valence-corrected chi connectivity index (χ1v) is 7.81. The Kier molecular flexibility index (Phi) is 5.19. The van der Waals surface area contributed by atoms with E-state index in [1.165, 1.54) is 31.7 Å². The second-order valence-corrected chi connectivity index (χ2v) is 5.67. The lowest BCUT2D eigenvalue weighted by Crippen LogP contribution is -2.34. The van der Waals surface area contributed by atoms with E-state index in [-0.39, 0.29) is 11.4 Å². The van der Waals surface area contributed by atoms with Crippen molar-refractivity contribution < 1.29 is 9.13 Å². The molecular formula is C15H20BrFO. The number of halogens is 2. The molecule has 3 heteroatoms. The molecule has 0 radical (unpaired) electrons. The molecule has 0 N–H and O–H groups in total. The first-order chi connectivity index (χ1) is 8.76. The van der Waals surface area contributed by atoms with E-state index in [1.807, 2.05) is 6.07 Å². The minimum absolute atomic E-state index is 0.0984. The molecule has 1 nitrogen and oxygen atoms in total. The van der Waals surface area contributed by atoms with E-state index in [2.05, 4.69) is 15.9 Å². The molecular weight excluding hydrogens is 295 g/mol. The lowest BCUT2D eigenvalue weighted by molar-refractivity contribution is -0.0494. The van der Waals surface area contributed by atoms with E-state index in [0.717, 1.165) is 18.2 Å². The molecule has 0 unspecified atom stereocenters. The molecule has 0 spiro atoms. The first kappa shape index (κ1) is 14.0. The zero-order valence-corrected chi connectivity index (χ0v) is 12.2.